The lowest BCUT2D eigenvalue weighted by atomic mass is 10.1. The van der Waals surface area contributed by atoms with E-state index in [4.69, 9.17) is 11.6 Å². The van der Waals surface area contributed by atoms with Gasteiger partial charge in [0.15, 0.2) is 0 Å². The standard InChI is InChI=1S/C15H15ClN2O2S/c1-10(19)18-14-6-5-13(21-14)15(20)17-8-7-11-3-2-4-12(16)9-11/h2-6,9H,7-8H2,1H3,(H,17,20)(H,18,19). The van der Waals surface area contributed by atoms with Gasteiger partial charge in [0.2, 0.25) is 5.91 Å². The van der Waals surface area contributed by atoms with Crippen molar-refractivity contribution in [3.8, 4) is 0 Å². The lowest BCUT2D eigenvalue weighted by Gasteiger charge is -2.04. The van der Waals surface area contributed by atoms with Gasteiger partial charge in [0, 0.05) is 18.5 Å². The van der Waals surface area contributed by atoms with E-state index in [1.807, 2.05) is 24.3 Å². The molecule has 0 unspecified atom stereocenters. The fraction of sp³-hybridized carbons (Fsp3) is 0.200. The van der Waals surface area contributed by atoms with Crippen molar-refractivity contribution in [2.75, 3.05) is 11.9 Å². The summed E-state index contributed by atoms with van der Waals surface area (Å²) in [5, 5.41) is 6.86. The first kappa shape index (κ1) is 15.5. The van der Waals surface area contributed by atoms with Gasteiger partial charge in [-0.15, -0.1) is 11.3 Å². The highest BCUT2D eigenvalue weighted by Gasteiger charge is 2.09. The number of anilines is 1. The van der Waals surface area contributed by atoms with Crippen molar-refractivity contribution in [2.24, 2.45) is 0 Å². The van der Waals surface area contributed by atoms with E-state index in [1.165, 1.54) is 18.3 Å². The average Bonchev–Trinajstić information content (AvgIpc) is 2.86. The van der Waals surface area contributed by atoms with Gasteiger partial charge in [0.25, 0.3) is 5.91 Å². The molecular formula is C15H15ClN2O2S. The second-order valence-corrected chi connectivity index (χ2v) is 6.00. The van der Waals surface area contributed by atoms with E-state index in [0.717, 1.165) is 12.0 Å². The monoisotopic (exact) mass is 322 g/mol. The Hall–Kier alpha value is -1.85. The van der Waals surface area contributed by atoms with Crippen LogP contribution in [0.5, 0.6) is 0 Å². The van der Waals surface area contributed by atoms with Crippen LogP contribution in [0, 0.1) is 0 Å². The number of amides is 2. The minimum absolute atomic E-state index is 0.140. The molecule has 0 fully saturated rings. The molecule has 0 saturated carbocycles. The number of halogens is 1. The van der Waals surface area contributed by atoms with E-state index < -0.39 is 0 Å². The summed E-state index contributed by atoms with van der Waals surface area (Å²) >= 11 is 7.16. The van der Waals surface area contributed by atoms with Crippen molar-refractivity contribution >= 4 is 39.8 Å². The third-order valence-electron chi connectivity index (χ3n) is 2.72. The predicted molar refractivity (Wildman–Crippen MR) is 86.1 cm³/mol. The number of nitrogens with one attached hydrogen (secondary N) is 2. The molecule has 0 aliphatic heterocycles. The highest BCUT2D eigenvalue weighted by molar-refractivity contribution is 7.18. The summed E-state index contributed by atoms with van der Waals surface area (Å²) in [4.78, 5) is 23.5. The summed E-state index contributed by atoms with van der Waals surface area (Å²) in [5.41, 5.74) is 1.08. The van der Waals surface area contributed by atoms with Gasteiger partial charge in [-0.1, -0.05) is 23.7 Å². The quantitative estimate of drug-likeness (QED) is 0.887. The summed E-state index contributed by atoms with van der Waals surface area (Å²) < 4.78 is 0. The van der Waals surface area contributed by atoms with Crippen molar-refractivity contribution in [1.29, 1.82) is 0 Å². The van der Waals surface area contributed by atoms with Crippen molar-refractivity contribution < 1.29 is 9.59 Å². The zero-order chi connectivity index (χ0) is 15.2. The van der Waals surface area contributed by atoms with Gasteiger partial charge in [-0.25, -0.2) is 0 Å². The van der Waals surface area contributed by atoms with E-state index in [-0.39, 0.29) is 11.8 Å². The van der Waals surface area contributed by atoms with Gasteiger partial charge >= 0.3 is 0 Å². The van der Waals surface area contributed by atoms with E-state index in [0.29, 0.717) is 21.4 Å². The molecule has 0 atom stereocenters. The molecular weight excluding hydrogens is 308 g/mol. The Kier molecular flexibility index (Phi) is 5.36. The van der Waals surface area contributed by atoms with Crippen LogP contribution in [-0.4, -0.2) is 18.4 Å². The first-order valence-corrected chi connectivity index (χ1v) is 7.64. The van der Waals surface area contributed by atoms with E-state index in [1.54, 1.807) is 12.1 Å². The molecule has 21 heavy (non-hydrogen) atoms. The second kappa shape index (κ2) is 7.24. The minimum atomic E-state index is -0.148. The van der Waals surface area contributed by atoms with Gasteiger partial charge in [-0.05, 0) is 36.2 Å². The lowest BCUT2D eigenvalue weighted by molar-refractivity contribution is -0.114. The van der Waals surface area contributed by atoms with Crippen LogP contribution >= 0.6 is 22.9 Å². The molecule has 110 valence electrons. The minimum Gasteiger partial charge on any atom is -0.351 e. The predicted octanol–water partition coefficient (Wildman–Crippen LogP) is 3.33. The molecule has 1 heterocycles. The van der Waals surface area contributed by atoms with Gasteiger partial charge in [0.05, 0.1) is 9.88 Å². The Bertz CT molecular complexity index is 655. The molecule has 2 amide bonds. The van der Waals surface area contributed by atoms with Gasteiger partial charge in [-0.3, -0.25) is 9.59 Å². The fourth-order valence-electron chi connectivity index (χ4n) is 1.80. The number of carbonyl (C=O) groups is 2. The maximum absolute atomic E-state index is 12.0. The summed E-state index contributed by atoms with van der Waals surface area (Å²) in [6.45, 7) is 1.97. The smallest absolute Gasteiger partial charge is 0.261 e. The molecule has 2 rings (SSSR count). The largest absolute Gasteiger partial charge is 0.351 e. The van der Waals surface area contributed by atoms with Crippen molar-refractivity contribution in [1.82, 2.24) is 5.32 Å². The molecule has 1 aromatic heterocycles. The summed E-state index contributed by atoms with van der Waals surface area (Å²) in [7, 11) is 0. The summed E-state index contributed by atoms with van der Waals surface area (Å²) in [6.07, 6.45) is 0.718. The van der Waals surface area contributed by atoms with Crippen LogP contribution in [0.25, 0.3) is 0 Å². The van der Waals surface area contributed by atoms with Gasteiger partial charge < -0.3 is 10.6 Å². The summed E-state index contributed by atoms with van der Waals surface area (Å²) in [6, 6.07) is 11.0. The Labute approximate surface area is 132 Å². The van der Waals surface area contributed by atoms with Gasteiger partial charge in [0.1, 0.15) is 0 Å². The normalized spacial score (nSPS) is 10.2. The van der Waals surface area contributed by atoms with Crippen LogP contribution in [0.2, 0.25) is 5.02 Å². The molecule has 0 bridgehead atoms. The molecule has 6 heteroatoms. The number of rotatable bonds is 5. The molecule has 2 aromatic rings. The van der Waals surface area contributed by atoms with E-state index >= 15 is 0 Å². The van der Waals surface area contributed by atoms with Crippen LogP contribution in [0.15, 0.2) is 36.4 Å². The van der Waals surface area contributed by atoms with Crippen LogP contribution < -0.4 is 10.6 Å². The number of carbonyl (C=O) groups excluding carboxylic acids is 2. The molecule has 0 radical (unpaired) electrons. The molecule has 2 N–H and O–H groups in total. The first-order chi connectivity index (χ1) is 10.0. The Morgan fingerprint density at radius 3 is 2.76 bits per heavy atom. The number of hydrogen-bond acceptors (Lipinski definition) is 3. The van der Waals surface area contributed by atoms with Crippen LogP contribution in [0.4, 0.5) is 5.00 Å². The van der Waals surface area contributed by atoms with Crippen molar-refractivity contribution in [3.63, 3.8) is 0 Å². The highest BCUT2D eigenvalue weighted by atomic mass is 35.5. The maximum atomic E-state index is 12.0. The Morgan fingerprint density at radius 2 is 2.05 bits per heavy atom. The molecule has 1 aromatic carbocycles. The SMILES string of the molecule is CC(=O)Nc1ccc(C(=O)NCCc2cccc(Cl)c2)s1. The number of hydrogen-bond donors (Lipinski definition) is 2. The zero-order valence-electron chi connectivity index (χ0n) is 11.5. The summed E-state index contributed by atoms with van der Waals surface area (Å²) in [5.74, 6) is -0.289. The Balaban J connectivity index is 1.84. The molecule has 0 spiro atoms. The maximum Gasteiger partial charge on any atom is 0.261 e. The van der Waals surface area contributed by atoms with E-state index in [2.05, 4.69) is 10.6 Å². The van der Waals surface area contributed by atoms with Crippen LogP contribution in [0.3, 0.4) is 0 Å². The number of thiophene rings is 1. The van der Waals surface area contributed by atoms with Crippen molar-refractivity contribution in [2.45, 2.75) is 13.3 Å². The van der Waals surface area contributed by atoms with E-state index in [9.17, 15) is 9.59 Å². The third-order valence-corrected chi connectivity index (χ3v) is 3.95. The van der Waals surface area contributed by atoms with Crippen LogP contribution in [-0.2, 0) is 11.2 Å². The fourth-order valence-corrected chi connectivity index (χ4v) is 2.88. The third kappa shape index (κ3) is 4.88. The molecule has 0 saturated heterocycles. The second-order valence-electron chi connectivity index (χ2n) is 4.48. The highest BCUT2D eigenvalue weighted by Crippen LogP contribution is 2.21. The first-order valence-electron chi connectivity index (χ1n) is 6.44. The van der Waals surface area contributed by atoms with Crippen LogP contribution in [0.1, 0.15) is 22.2 Å². The average molecular weight is 323 g/mol. The number of benzene rings is 1. The molecule has 0 aliphatic carbocycles. The van der Waals surface area contributed by atoms with Crippen molar-refractivity contribution in [3.05, 3.63) is 51.9 Å². The topological polar surface area (TPSA) is 58.2 Å². The zero-order valence-corrected chi connectivity index (χ0v) is 13.1. The Morgan fingerprint density at radius 1 is 1.24 bits per heavy atom. The molecule has 0 aliphatic rings. The van der Waals surface area contributed by atoms with Gasteiger partial charge in [-0.2, -0.15) is 0 Å². The lowest BCUT2D eigenvalue weighted by Crippen LogP contribution is -2.24. The molecule has 4 nitrogen and oxygen atoms in total.